The number of aromatic nitrogens is 1. The number of nitrogens with one attached hydrogen (secondary N) is 1. The summed E-state index contributed by atoms with van der Waals surface area (Å²) in [6.45, 7) is 6.97. The number of hydrogen-bond donors (Lipinski definition) is 1. The molecule has 0 fully saturated rings. The van der Waals surface area contributed by atoms with Gasteiger partial charge in [-0.05, 0) is 38.8 Å². The fourth-order valence-electron chi connectivity index (χ4n) is 2.84. The maximum absolute atomic E-state index is 12.4. The molecule has 3 rings (SSSR count). The Morgan fingerprint density at radius 2 is 2.11 bits per heavy atom. The Bertz CT molecular complexity index is 593. The molecule has 0 saturated heterocycles. The molecule has 0 amide bonds. The van der Waals surface area contributed by atoms with Crippen LogP contribution >= 0.6 is 0 Å². The maximum atomic E-state index is 12.4. The minimum atomic E-state index is -0.904. The van der Waals surface area contributed by atoms with Crippen LogP contribution in [0.5, 0.6) is 0 Å². The Labute approximate surface area is 117 Å². The topological polar surface area (TPSA) is 42.1 Å². The van der Waals surface area contributed by atoms with E-state index in [1.165, 1.54) is 22.2 Å². The van der Waals surface area contributed by atoms with Gasteiger partial charge in [0.05, 0.1) is 12.6 Å². The summed E-state index contributed by atoms with van der Waals surface area (Å²) in [5.74, 6) is 0. The number of rotatable bonds is 2. The van der Waals surface area contributed by atoms with Gasteiger partial charge in [0.15, 0.2) is 0 Å². The fourth-order valence-corrected chi connectivity index (χ4v) is 4.07. The second-order valence-electron chi connectivity index (χ2n) is 5.58. The van der Waals surface area contributed by atoms with E-state index < -0.39 is 11.4 Å². The number of fused-ring (bicyclic) bond motifs is 3. The predicted octanol–water partition coefficient (Wildman–Crippen LogP) is 2.99. The molecule has 1 aromatic heterocycles. The van der Waals surface area contributed by atoms with Gasteiger partial charge in [-0.2, -0.15) is 0 Å². The lowest BCUT2D eigenvalue weighted by molar-refractivity contribution is 0.304. The van der Waals surface area contributed by atoms with Crippen molar-refractivity contribution in [2.45, 2.75) is 45.0 Å². The molecule has 1 aliphatic heterocycles. The van der Waals surface area contributed by atoms with Gasteiger partial charge in [0, 0.05) is 28.0 Å². The molecule has 19 heavy (non-hydrogen) atoms. The van der Waals surface area contributed by atoms with Crippen LogP contribution in [0.15, 0.2) is 24.3 Å². The van der Waals surface area contributed by atoms with E-state index in [0.29, 0.717) is 6.04 Å². The van der Waals surface area contributed by atoms with Crippen LogP contribution in [0.1, 0.15) is 32.0 Å². The third-order valence-electron chi connectivity index (χ3n) is 3.84. The van der Waals surface area contributed by atoms with Gasteiger partial charge in [-0.25, -0.2) is 0 Å². The van der Waals surface area contributed by atoms with Crippen molar-refractivity contribution in [2.24, 2.45) is 0 Å². The van der Waals surface area contributed by atoms with Gasteiger partial charge in [0.1, 0.15) is 5.25 Å². The van der Waals surface area contributed by atoms with Crippen molar-refractivity contribution < 1.29 is 4.55 Å². The molecule has 2 unspecified atom stereocenters. The van der Waals surface area contributed by atoms with E-state index in [0.717, 1.165) is 13.0 Å². The highest BCUT2D eigenvalue weighted by Gasteiger charge is 2.34. The van der Waals surface area contributed by atoms with E-state index in [1.807, 2.05) is 13.8 Å². The maximum Gasteiger partial charge on any atom is 0.130 e. The van der Waals surface area contributed by atoms with E-state index in [1.54, 1.807) is 0 Å². The number of nitrogens with zero attached hydrogens (tertiary/aromatic N) is 1. The Hall–Kier alpha value is -0.970. The van der Waals surface area contributed by atoms with Gasteiger partial charge in [-0.1, -0.05) is 18.2 Å². The first-order valence-corrected chi connectivity index (χ1v) is 8.00. The smallest absolute Gasteiger partial charge is 0.130 e. The predicted molar refractivity (Wildman–Crippen MR) is 80.3 cm³/mol. The lowest BCUT2D eigenvalue weighted by Gasteiger charge is -2.34. The standard InChI is InChI=1S/C15H20N2OS/c1-10(2)19(18)17-9-15-13(8-11(17)3)12-6-4-5-7-14(12)16-15/h4-7,10-11,16H,8-9H2,1-3H3. The first-order chi connectivity index (χ1) is 9.08. The third kappa shape index (κ3) is 2.18. The average Bonchev–Trinajstić information content (AvgIpc) is 2.74. The monoisotopic (exact) mass is 276 g/mol. The van der Waals surface area contributed by atoms with E-state index >= 15 is 0 Å². The molecular weight excluding hydrogens is 256 g/mol. The average molecular weight is 276 g/mol. The first-order valence-electron chi connectivity index (χ1n) is 6.83. The number of H-pyrrole nitrogens is 1. The molecule has 1 aliphatic rings. The van der Waals surface area contributed by atoms with Crippen LogP contribution in [0, 0.1) is 0 Å². The lowest BCUT2D eigenvalue weighted by atomic mass is 10.00. The molecule has 102 valence electrons. The highest BCUT2D eigenvalue weighted by Crippen LogP contribution is 2.32. The van der Waals surface area contributed by atoms with Crippen molar-refractivity contribution in [3.63, 3.8) is 0 Å². The molecule has 0 radical (unpaired) electrons. The lowest BCUT2D eigenvalue weighted by Crippen LogP contribution is -2.45. The van der Waals surface area contributed by atoms with Gasteiger partial charge in [-0.15, -0.1) is 4.31 Å². The minimum absolute atomic E-state index is 0.174. The van der Waals surface area contributed by atoms with Gasteiger partial charge in [0.2, 0.25) is 0 Å². The highest BCUT2D eigenvalue weighted by atomic mass is 32.2. The molecule has 1 N–H and O–H groups in total. The van der Waals surface area contributed by atoms with Crippen LogP contribution in [0.3, 0.4) is 0 Å². The van der Waals surface area contributed by atoms with Crippen molar-refractivity contribution >= 4 is 22.3 Å². The van der Waals surface area contributed by atoms with Crippen molar-refractivity contribution in [1.29, 1.82) is 0 Å². The fraction of sp³-hybridized carbons (Fsp3) is 0.467. The molecule has 0 spiro atoms. The molecule has 0 bridgehead atoms. The Morgan fingerprint density at radius 1 is 1.37 bits per heavy atom. The second kappa shape index (κ2) is 4.85. The second-order valence-corrected chi connectivity index (χ2v) is 7.55. The normalized spacial score (nSPS) is 21.8. The zero-order valence-electron chi connectivity index (χ0n) is 11.6. The number of para-hydroxylation sites is 1. The largest absolute Gasteiger partial charge is 0.598 e. The summed E-state index contributed by atoms with van der Waals surface area (Å²) in [5, 5.41) is 1.49. The molecule has 4 heteroatoms. The van der Waals surface area contributed by atoms with Crippen molar-refractivity contribution in [1.82, 2.24) is 9.29 Å². The summed E-state index contributed by atoms with van der Waals surface area (Å²) in [7, 11) is 0. The molecular formula is C15H20N2OS. The van der Waals surface area contributed by atoms with E-state index in [4.69, 9.17) is 0 Å². The SMILES string of the molecule is CC1Cc2c([nH]c3ccccc23)CN1[S+]([O-])C(C)C. The van der Waals surface area contributed by atoms with E-state index in [2.05, 4.69) is 40.5 Å². The zero-order valence-corrected chi connectivity index (χ0v) is 12.5. The Morgan fingerprint density at radius 3 is 2.84 bits per heavy atom. The Balaban J connectivity index is 1.99. The number of benzene rings is 1. The van der Waals surface area contributed by atoms with Gasteiger partial charge in [-0.3, -0.25) is 0 Å². The van der Waals surface area contributed by atoms with Crippen molar-refractivity contribution in [3.8, 4) is 0 Å². The molecule has 3 nitrogen and oxygen atoms in total. The summed E-state index contributed by atoms with van der Waals surface area (Å²) in [6.07, 6.45) is 0.970. The van der Waals surface area contributed by atoms with Crippen molar-refractivity contribution in [2.75, 3.05) is 0 Å². The zero-order chi connectivity index (χ0) is 13.6. The number of hydrogen-bond acceptors (Lipinski definition) is 2. The molecule has 1 aromatic carbocycles. The van der Waals surface area contributed by atoms with Gasteiger partial charge >= 0.3 is 0 Å². The van der Waals surface area contributed by atoms with Crippen molar-refractivity contribution in [3.05, 3.63) is 35.5 Å². The van der Waals surface area contributed by atoms with E-state index in [9.17, 15) is 4.55 Å². The van der Waals surface area contributed by atoms with Crippen LogP contribution < -0.4 is 0 Å². The summed E-state index contributed by atoms with van der Waals surface area (Å²) in [5.41, 5.74) is 3.82. The first kappa shape index (κ1) is 13.0. The molecule has 0 saturated carbocycles. The van der Waals surface area contributed by atoms with E-state index in [-0.39, 0.29) is 5.25 Å². The highest BCUT2D eigenvalue weighted by molar-refractivity contribution is 7.89. The van der Waals surface area contributed by atoms with Crippen LogP contribution in [0.25, 0.3) is 10.9 Å². The van der Waals surface area contributed by atoms with Gasteiger partial charge in [0.25, 0.3) is 0 Å². The summed E-state index contributed by atoms with van der Waals surface area (Å²) in [6, 6.07) is 8.75. The summed E-state index contributed by atoms with van der Waals surface area (Å²) in [4.78, 5) is 3.48. The summed E-state index contributed by atoms with van der Waals surface area (Å²) < 4.78 is 14.5. The summed E-state index contributed by atoms with van der Waals surface area (Å²) >= 11 is -0.904. The quantitative estimate of drug-likeness (QED) is 0.857. The minimum Gasteiger partial charge on any atom is -0.598 e. The molecule has 2 aromatic rings. The Kier molecular flexibility index (Phi) is 3.33. The molecule has 2 heterocycles. The van der Waals surface area contributed by atoms with Crippen LogP contribution in [-0.4, -0.2) is 25.1 Å². The van der Waals surface area contributed by atoms with Crippen LogP contribution in [0.4, 0.5) is 0 Å². The van der Waals surface area contributed by atoms with Gasteiger partial charge < -0.3 is 9.54 Å². The number of aromatic amines is 1. The third-order valence-corrected chi connectivity index (χ3v) is 5.60. The molecule has 2 atom stereocenters. The molecule has 0 aliphatic carbocycles. The van der Waals surface area contributed by atoms with Crippen LogP contribution in [0.2, 0.25) is 0 Å². The van der Waals surface area contributed by atoms with Crippen LogP contribution in [-0.2, 0) is 24.3 Å².